The Bertz CT molecular complexity index is 75.0. The van der Waals surface area contributed by atoms with E-state index in [0.29, 0.717) is 0 Å². The van der Waals surface area contributed by atoms with E-state index in [0.717, 1.165) is 0 Å². The van der Waals surface area contributed by atoms with Crippen molar-refractivity contribution in [2.24, 2.45) is 10.9 Å². The summed E-state index contributed by atoms with van der Waals surface area (Å²) < 4.78 is 0. The van der Waals surface area contributed by atoms with E-state index in [9.17, 15) is 0 Å². The number of hydrogen-bond acceptors (Lipinski definition) is 3. The van der Waals surface area contributed by atoms with Crippen molar-refractivity contribution in [1.82, 2.24) is 5.12 Å². The van der Waals surface area contributed by atoms with Crippen LogP contribution in [0.2, 0.25) is 0 Å². The highest BCUT2D eigenvalue weighted by Gasteiger charge is 1.67. The molecule has 0 aliphatic heterocycles. The summed E-state index contributed by atoms with van der Waals surface area (Å²) in [6, 6.07) is 0. The number of hydrazone groups is 1. The first-order chi connectivity index (χ1) is 3.27. The molecule has 0 amide bonds. The lowest BCUT2D eigenvalue weighted by Crippen LogP contribution is -2.18. The number of hydrogen-bond donors (Lipinski definition) is 1. The first kappa shape index (κ1) is 6.17. The van der Waals surface area contributed by atoms with Gasteiger partial charge in [-0.25, -0.2) is 11.0 Å². The van der Waals surface area contributed by atoms with Crippen LogP contribution in [0.4, 0.5) is 0 Å². The molecule has 0 radical (unpaired) electrons. The van der Waals surface area contributed by atoms with Gasteiger partial charge in [0.05, 0.1) is 0 Å². The standard InChI is InChI=1S/C4H9N3/c1-3-4-6-7(2)5/h3-4H,1,5H2,2H3/b6-4-. The molecule has 3 nitrogen and oxygen atoms in total. The van der Waals surface area contributed by atoms with Gasteiger partial charge >= 0.3 is 0 Å². The maximum absolute atomic E-state index is 5.07. The lowest BCUT2D eigenvalue weighted by Gasteiger charge is -1.98. The molecule has 7 heavy (non-hydrogen) atoms. The third kappa shape index (κ3) is 5.17. The van der Waals surface area contributed by atoms with Gasteiger partial charge in [0.1, 0.15) is 0 Å². The lowest BCUT2D eigenvalue weighted by atomic mass is 10.7. The van der Waals surface area contributed by atoms with Gasteiger partial charge < -0.3 is 0 Å². The van der Waals surface area contributed by atoms with Crippen LogP contribution in [-0.4, -0.2) is 18.4 Å². The van der Waals surface area contributed by atoms with Gasteiger partial charge in [-0.2, -0.15) is 5.10 Å². The minimum Gasteiger partial charge on any atom is -0.236 e. The Morgan fingerprint density at radius 2 is 2.43 bits per heavy atom. The fourth-order valence-electron chi connectivity index (χ4n) is 0.152. The topological polar surface area (TPSA) is 41.6 Å². The Balaban J connectivity index is 3.25. The Morgan fingerprint density at radius 1 is 1.86 bits per heavy atom. The number of hydrazine groups is 1. The summed E-state index contributed by atoms with van der Waals surface area (Å²) in [4.78, 5) is 0. The zero-order chi connectivity index (χ0) is 5.70. The van der Waals surface area contributed by atoms with E-state index in [1.54, 1.807) is 13.1 Å². The molecule has 0 rings (SSSR count). The maximum Gasteiger partial charge on any atom is 0.0480 e. The summed E-state index contributed by atoms with van der Waals surface area (Å²) in [7, 11) is 1.64. The molecule has 0 heterocycles. The average molecular weight is 99.1 g/mol. The fraction of sp³-hybridized carbons (Fsp3) is 0.250. The van der Waals surface area contributed by atoms with Crippen molar-refractivity contribution in [2.45, 2.75) is 0 Å². The van der Waals surface area contributed by atoms with E-state index in [-0.39, 0.29) is 0 Å². The predicted octanol–water partition coefficient (Wildman–Crippen LogP) is -0.0363. The monoisotopic (exact) mass is 99.1 g/mol. The molecule has 0 aromatic heterocycles. The minimum atomic E-state index is 1.21. The SMILES string of the molecule is C=C/C=N\N(C)N. The summed E-state index contributed by atoms with van der Waals surface area (Å²) >= 11 is 0. The van der Waals surface area contributed by atoms with E-state index < -0.39 is 0 Å². The third-order valence-electron chi connectivity index (χ3n) is 0.354. The Morgan fingerprint density at radius 3 is 2.57 bits per heavy atom. The molecular weight excluding hydrogens is 90.1 g/mol. The molecular formula is C4H9N3. The minimum absolute atomic E-state index is 1.21. The van der Waals surface area contributed by atoms with E-state index in [2.05, 4.69) is 11.7 Å². The van der Waals surface area contributed by atoms with E-state index in [1.165, 1.54) is 11.3 Å². The van der Waals surface area contributed by atoms with Gasteiger partial charge in [-0.05, 0) is 6.08 Å². The van der Waals surface area contributed by atoms with E-state index >= 15 is 0 Å². The molecule has 0 fully saturated rings. The Hall–Kier alpha value is -0.830. The summed E-state index contributed by atoms with van der Waals surface area (Å²) in [6.07, 6.45) is 3.07. The summed E-state index contributed by atoms with van der Waals surface area (Å²) in [5, 5.41) is 4.82. The number of rotatable bonds is 2. The molecule has 0 atom stereocenters. The van der Waals surface area contributed by atoms with Crippen LogP contribution < -0.4 is 5.84 Å². The second kappa shape index (κ2) is 3.36. The number of nitrogens with two attached hydrogens (primary N) is 1. The van der Waals surface area contributed by atoms with E-state index in [4.69, 9.17) is 5.84 Å². The summed E-state index contributed by atoms with van der Waals surface area (Å²) in [5.41, 5.74) is 0. The van der Waals surface area contributed by atoms with Crippen molar-refractivity contribution < 1.29 is 0 Å². The molecule has 0 saturated carbocycles. The van der Waals surface area contributed by atoms with Gasteiger partial charge in [-0.15, -0.1) is 0 Å². The van der Waals surface area contributed by atoms with Gasteiger partial charge in [0, 0.05) is 13.3 Å². The first-order valence-corrected chi connectivity index (χ1v) is 1.91. The highest BCUT2D eigenvalue weighted by Crippen LogP contribution is 1.64. The van der Waals surface area contributed by atoms with E-state index in [1.807, 2.05) is 0 Å². The normalized spacial score (nSPS) is 9.43. The number of nitrogens with zero attached hydrogens (tertiary/aromatic N) is 2. The van der Waals surface area contributed by atoms with Gasteiger partial charge in [0.2, 0.25) is 0 Å². The largest absolute Gasteiger partial charge is 0.236 e. The molecule has 0 saturated heterocycles. The average Bonchev–Trinajstić information content (AvgIpc) is 1.61. The highest BCUT2D eigenvalue weighted by atomic mass is 15.6. The second-order valence-corrected chi connectivity index (χ2v) is 1.07. The second-order valence-electron chi connectivity index (χ2n) is 1.07. The van der Waals surface area contributed by atoms with Gasteiger partial charge in [-0.3, -0.25) is 0 Å². The molecule has 0 unspecified atom stereocenters. The van der Waals surface area contributed by atoms with Crippen molar-refractivity contribution in [3.05, 3.63) is 12.7 Å². The molecule has 0 aromatic carbocycles. The van der Waals surface area contributed by atoms with Crippen LogP contribution in [0.15, 0.2) is 17.8 Å². The predicted molar refractivity (Wildman–Crippen MR) is 30.6 cm³/mol. The zero-order valence-corrected chi connectivity index (χ0v) is 4.33. The molecule has 0 aromatic rings. The Labute approximate surface area is 43.1 Å². The van der Waals surface area contributed by atoms with Crippen LogP contribution in [0.1, 0.15) is 0 Å². The van der Waals surface area contributed by atoms with Crippen LogP contribution in [0.3, 0.4) is 0 Å². The van der Waals surface area contributed by atoms with Crippen LogP contribution in [0, 0.1) is 0 Å². The molecule has 2 N–H and O–H groups in total. The molecule has 3 heteroatoms. The third-order valence-corrected chi connectivity index (χ3v) is 0.354. The van der Waals surface area contributed by atoms with Crippen LogP contribution in [0.5, 0.6) is 0 Å². The lowest BCUT2D eigenvalue weighted by molar-refractivity contribution is 0.374. The van der Waals surface area contributed by atoms with Gasteiger partial charge in [0.25, 0.3) is 0 Å². The fourth-order valence-corrected chi connectivity index (χ4v) is 0.152. The maximum atomic E-state index is 5.07. The molecule has 0 aliphatic carbocycles. The molecule has 0 bridgehead atoms. The van der Waals surface area contributed by atoms with Crippen LogP contribution in [-0.2, 0) is 0 Å². The van der Waals surface area contributed by atoms with Gasteiger partial charge in [-0.1, -0.05) is 6.58 Å². The van der Waals surface area contributed by atoms with Crippen molar-refractivity contribution in [1.29, 1.82) is 0 Å². The van der Waals surface area contributed by atoms with Crippen LogP contribution >= 0.6 is 0 Å². The summed E-state index contributed by atoms with van der Waals surface area (Å²) in [5.74, 6) is 5.07. The number of allylic oxidation sites excluding steroid dienone is 1. The first-order valence-electron chi connectivity index (χ1n) is 1.91. The quantitative estimate of drug-likeness (QED) is 0.300. The Kier molecular flexibility index (Phi) is 2.96. The molecule has 0 spiro atoms. The molecule has 0 aliphatic rings. The zero-order valence-electron chi connectivity index (χ0n) is 4.33. The molecule has 40 valence electrons. The van der Waals surface area contributed by atoms with Gasteiger partial charge in [0.15, 0.2) is 0 Å². The highest BCUT2D eigenvalue weighted by molar-refractivity contribution is 5.69. The van der Waals surface area contributed by atoms with Crippen molar-refractivity contribution in [2.75, 3.05) is 7.05 Å². The smallest absolute Gasteiger partial charge is 0.0480 e. The van der Waals surface area contributed by atoms with Crippen molar-refractivity contribution in [3.8, 4) is 0 Å². The summed E-state index contributed by atoms with van der Waals surface area (Å²) in [6.45, 7) is 3.40. The van der Waals surface area contributed by atoms with Crippen molar-refractivity contribution >= 4 is 6.21 Å². The van der Waals surface area contributed by atoms with Crippen LogP contribution in [0.25, 0.3) is 0 Å². The van der Waals surface area contributed by atoms with Crippen molar-refractivity contribution in [3.63, 3.8) is 0 Å².